The summed E-state index contributed by atoms with van der Waals surface area (Å²) < 4.78 is 10.2. The number of methoxy groups -OCH3 is 2. The van der Waals surface area contributed by atoms with Crippen LogP contribution < -0.4 is 9.64 Å². The van der Waals surface area contributed by atoms with Gasteiger partial charge in [0.25, 0.3) is 11.8 Å². The topological polar surface area (TPSA) is 101 Å². The molecule has 0 radical (unpaired) electrons. The van der Waals surface area contributed by atoms with Crippen LogP contribution in [0.25, 0.3) is 0 Å². The van der Waals surface area contributed by atoms with Crippen LogP contribution in [-0.4, -0.2) is 49.1 Å². The predicted octanol–water partition coefficient (Wildman–Crippen LogP) is 2.54. The Hall–Kier alpha value is -3.75. The molecule has 1 fully saturated rings. The molecule has 0 aliphatic carbocycles. The quantitative estimate of drug-likeness (QED) is 0.524. The second-order valence-electron chi connectivity index (χ2n) is 7.24. The molecule has 0 spiro atoms. The first-order valence-corrected chi connectivity index (χ1v) is 9.87. The van der Waals surface area contributed by atoms with Gasteiger partial charge in [0.2, 0.25) is 0 Å². The van der Waals surface area contributed by atoms with E-state index in [0.717, 1.165) is 12.0 Å². The van der Waals surface area contributed by atoms with E-state index in [1.54, 1.807) is 30.3 Å². The maximum atomic E-state index is 13.2. The summed E-state index contributed by atoms with van der Waals surface area (Å²) in [5, 5.41) is 9.57. The summed E-state index contributed by atoms with van der Waals surface area (Å²) in [4.78, 5) is 39.1. The van der Waals surface area contributed by atoms with Crippen molar-refractivity contribution in [2.75, 3.05) is 19.1 Å². The molecule has 2 atom stereocenters. The van der Waals surface area contributed by atoms with Gasteiger partial charge in [-0.1, -0.05) is 24.3 Å². The molecule has 2 aliphatic heterocycles. The number of carbonyl (C=O) groups excluding carboxylic acids is 3. The van der Waals surface area contributed by atoms with Crippen LogP contribution in [0, 0.1) is 0 Å². The van der Waals surface area contributed by atoms with Crippen LogP contribution in [0.3, 0.4) is 0 Å². The SMILES string of the molecule is CCc1ccc(N2C(=O)[C@@H]3N=NN(Cc4cc(C(=O)OC)ccc4OC)[C@H]3C2=O)cc1. The molecule has 2 aliphatic rings. The lowest BCUT2D eigenvalue weighted by atomic mass is 10.1. The van der Waals surface area contributed by atoms with E-state index >= 15 is 0 Å². The molecule has 2 heterocycles. The summed E-state index contributed by atoms with van der Waals surface area (Å²) in [5.74, 6) is -0.748. The number of amides is 2. The van der Waals surface area contributed by atoms with Crippen molar-refractivity contribution in [3.05, 3.63) is 59.2 Å². The third-order valence-corrected chi connectivity index (χ3v) is 5.49. The smallest absolute Gasteiger partial charge is 0.337 e. The van der Waals surface area contributed by atoms with Gasteiger partial charge in [-0.25, -0.2) is 9.69 Å². The lowest BCUT2D eigenvalue weighted by Gasteiger charge is -2.22. The van der Waals surface area contributed by atoms with Gasteiger partial charge in [-0.3, -0.25) is 14.6 Å². The number of nitrogens with zero attached hydrogens (tertiary/aromatic N) is 4. The number of hydrogen-bond acceptors (Lipinski definition) is 8. The first-order valence-electron chi connectivity index (χ1n) is 9.87. The van der Waals surface area contributed by atoms with Gasteiger partial charge in [-0.05, 0) is 42.3 Å². The Morgan fingerprint density at radius 3 is 2.45 bits per heavy atom. The standard InChI is InChI=1S/C22H22N4O5/c1-4-13-5-8-16(9-6-13)26-20(27)18-19(21(26)28)25(24-23-18)12-15-11-14(22(29)31-3)7-10-17(15)30-2/h5-11,18-19H,4,12H2,1-3H3/t18-,19-/m1/s1. The van der Waals surface area contributed by atoms with Gasteiger partial charge in [-0.15, -0.1) is 0 Å². The van der Waals surface area contributed by atoms with Gasteiger partial charge in [-0.2, -0.15) is 5.11 Å². The summed E-state index contributed by atoms with van der Waals surface area (Å²) in [7, 11) is 2.81. The van der Waals surface area contributed by atoms with E-state index in [1.807, 2.05) is 19.1 Å². The van der Waals surface area contributed by atoms with Crippen LogP contribution in [0.4, 0.5) is 5.69 Å². The molecule has 0 unspecified atom stereocenters. The second kappa shape index (κ2) is 8.17. The van der Waals surface area contributed by atoms with Gasteiger partial charge >= 0.3 is 5.97 Å². The summed E-state index contributed by atoms with van der Waals surface area (Å²) >= 11 is 0. The summed E-state index contributed by atoms with van der Waals surface area (Å²) in [5.41, 5.74) is 2.59. The fraction of sp³-hybridized carbons (Fsp3) is 0.318. The third kappa shape index (κ3) is 3.52. The summed E-state index contributed by atoms with van der Waals surface area (Å²) in [6.45, 7) is 2.17. The number of aryl methyl sites for hydroxylation is 1. The molecule has 9 nitrogen and oxygen atoms in total. The highest BCUT2D eigenvalue weighted by molar-refractivity contribution is 6.25. The molecule has 0 saturated carbocycles. The summed E-state index contributed by atoms with van der Waals surface area (Å²) in [6.07, 6.45) is 0.863. The number of imide groups is 1. The minimum atomic E-state index is -0.895. The van der Waals surface area contributed by atoms with E-state index in [-0.39, 0.29) is 12.5 Å². The Morgan fingerprint density at radius 1 is 1.06 bits per heavy atom. The van der Waals surface area contributed by atoms with Crippen LogP contribution in [0.15, 0.2) is 52.8 Å². The average molecular weight is 422 g/mol. The fourth-order valence-corrected chi connectivity index (χ4v) is 3.81. The van der Waals surface area contributed by atoms with Crippen molar-refractivity contribution in [3.63, 3.8) is 0 Å². The zero-order valence-electron chi connectivity index (χ0n) is 17.4. The van der Waals surface area contributed by atoms with Crippen LogP contribution >= 0.6 is 0 Å². The zero-order chi connectivity index (χ0) is 22.1. The van der Waals surface area contributed by atoms with Gasteiger partial charge in [0, 0.05) is 5.56 Å². The van der Waals surface area contributed by atoms with E-state index in [4.69, 9.17) is 9.47 Å². The number of rotatable bonds is 6. The normalized spacial score (nSPS) is 19.7. The predicted molar refractivity (Wildman–Crippen MR) is 111 cm³/mol. The Balaban J connectivity index is 1.60. The van der Waals surface area contributed by atoms with Gasteiger partial charge in [0.05, 0.1) is 32.0 Å². The van der Waals surface area contributed by atoms with Crippen molar-refractivity contribution in [1.82, 2.24) is 5.01 Å². The molecule has 2 aromatic carbocycles. The Morgan fingerprint density at radius 2 is 1.81 bits per heavy atom. The second-order valence-corrected chi connectivity index (χ2v) is 7.24. The zero-order valence-corrected chi connectivity index (χ0v) is 17.4. The monoisotopic (exact) mass is 422 g/mol. The lowest BCUT2D eigenvalue weighted by Crippen LogP contribution is -2.39. The number of anilines is 1. The van der Waals surface area contributed by atoms with Gasteiger partial charge in [0.15, 0.2) is 12.1 Å². The molecule has 160 valence electrons. The highest BCUT2D eigenvalue weighted by atomic mass is 16.5. The molecule has 0 N–H and O–H groups in total. The third-order valence-electron chi connectivity index (χ3n) is 5.49. The van der Waals surface area contributed by atoms with Crippen molar-refractivity contribution >= 4 is 23.5 Å². The molecule has 1 saturated heterocycles. The number of benzene rings is 2. The van der Waals surface area contributed by atoms with E-state index in [0.29, 0.717) is 22.6 Å². The van der Waals surface area contributed by atoms with Crippen LogP contribution in [0.5, 0.6) is 5.75 Å². The van der Waals surface area contributed by atoms with E-state index < -0.39 is 24.0 Å². The van der Waals surface area contributed by atoms with Crippen molar-refractivity contribution in [3.8, 4) is 5.75 Å². The fourth-order valence-electron chi connectivity index (χ4n) is 3.81. The van der Waals surface area contributed by atoms with Crippen molar-refractivity contribution < 1.29 is 23.9 Å². The van der Waals surface area contributed by atoms with Gasteiger partial charge < -0.3 is 9.47 Å². The molecule has 4 rings (SSSR count). The average Bonchev–Trinajstić information content (AvgIpc) is 3.32. The van der Waals surface area contributed by atoms with E-state index in [1.165, 1.54) is 24.1 Å². The molecular formula is C22H22N4O5. The van der Waals surface area contributed by atoms with E-state index in [9.17, 15) is 14.4 Å². The molecule has 0 aromatic heterocycles. The summed E-state index contributed by atoms with van der Waals surface area (Å²) in [6, 6.07) is 10.4. The molecule has 2 aromatic rings. The first kappa shape index (κ1) is 20.5. The first-order chi connectivity index (χ1) is 15.0. The van der Waals surface area contributed by atoms with Crippen LogP contribution in [-0.2, 0) is 27.3 Å². The lowest BCUT2D eigenvalue weighted by molar-refractivity contribution is -0.123. The molecular weight excluding hydrogens is 400 g/mol. The minimum absolute atomic E-state index is 0.139. The number of esters is 1. The number of hydrogen-bond donors (Lipinski definition) is 0. The highest BCUT2D eigenvalue weighted by Crippen LogP contribution is 2.34. The van der Waals surface area contributed by atoms with Crippen molar-refractivity contribution in [1.29, 1.82) is 0 Å². The largest absolute Gasteiger partial charge is 0.496 e. The highest BCUT2D eigenvalue weighted by Gasteiger charge is 2.54. The molecule has 31 heavy (non-hydrogen) atoms. The Labute approximate surface area is 179 Å². The van der Waals surface area contributed by atoms with Crippen molar-refractivity contribution in [2.45, 2.75) is 32.0 Å². The van der Waals surface area contributed by atoms with Gasteiger partial charge in [0.1, 0.15) is 5.75 Å². The van der Waals surface area contributed by atoms with Crippen LogP contribution in [0.1, 0.15) is 28.4 Å². The maximum absolute atomic E-state index is 13.2. The molecule has 0 bridgehead atoms. The molecule has 2 amide bonds. The molecule has 9 heteroatoms. The number of ether oxygens (including phenoxy) is 2. The van der Waals surface area contributed by atoms with Crippen molar-refractivity contribution in [2.24, 2.45) is 10.3 Å². The van der Waals surface area contributed by atoms with E-state index in [2.05, 4.69) is 10.3 Å². The Kier molecular flexibility index (Phi) is 5.41. The maximum Gasteiger partial charge on any atom is 0.337 e. The van der Waals surface area contributed by atoms with Crippen LogP contribution in [0.2, 0.25) is 0 Å². The number of carbonyl (C=O) groups is 3. The number of fused-ring (bicyclic) bond motifs is 1. The Bertz CT molecular complexity index is 1070. The minimum Gasteiger partial charge on any atom is -0.496 e.